The van der Waals surface area contributed by atoms with E-state index in [1.165, 1.54) is 11.3 Å². The first-order valence-electron chi connectivity index (χ1n) is 6.61. The van der Waals surface area contributed by atoms with Gasteiger partial charge in [-0.15, -0.1) is 0 Å². The lowest BCUT2D eigenvalue weighted by Gasteiger charge is -2.32. The lowest BCUT2D eigenvalue weighted by atomic mass is 9.90. The van der Waals surface area contributed by atoms with Crippen LogP contribution >= 0.6 is 0 Å². The molecule has 18 heavy (non-hydrogen) atoms. The third-order valence-electron chi connectivity index (χ3n) is 4.42. The van der Waals surface area contributed by atoms with E-state index < -0.39 is 0 Å². The summed E-state index contributed by atoms with van der Waals surface area (Å²) in [6.45, 7) is 9.34. The van der Waals surface area contributed by atoms with Crippen molar-refractivity contribution in [1.82, 2.24) is 0 Å². The monoisotopic (exact) mass is 245 g/mol. The maximum absolute atomic E-state index is 6.11. The number of fused-ring (bicyclic) bond motifs is 1. The quantitative estimate of drug-likeness (QED) is 0.710. The van der Waals surface area contributed by atoms with E-state index in [0.29, 0.717) is 0 Å². The number of anilines is 1. The third-order valence-corrected chi connectivity index (χ3v) is 4.42. The molecule has 1 saturated heterocycles. The Morgan fingerprint density at radius 1 is 1.06 bits per heavy atom. The summed E-state index contributed by atoms with van der Waals surface area (Å²) < 4.78 is 12.2. The summed E-state index contributed by atoms with van der Waals surface area (Å²) in [7, 11) is -0.265. The Morgan fingerprint density at radius 3 is 2.33 bits per heavy atom. The van der Waals surface area contributed by atoms with Crippen molar-refractivity contribution in [2.24, 2.45) is 0 Å². The fourth-order valence-electron chi connectivity index (χ4n) is 2.52. The van der Waals surface area contributed by atoms with Gasteiger partial charge in [-0.25, -0.2) is 0 Å². The molecule has 2 aliphatic rings. The van der Waals surface area contributed by atoms with Crippen LogP contribution in [0.3, 0.4) is 0 Å². The fourth-order valence-corrected chi connectivity index (χ4v) is 2.52. The highest BCUT2D eigenvalue weighted by Crippen LogP contribution is 2.40. The predicted molar refractivity (Wildman–Crippen MR) is 73.6 cm³/mol. The molecule has 1 fully saturated rings. The molecule has 1 aromatic rings. The van der Waals surface area contributed by atoms with Gasteiger partial charge < -0.3 is 14.1 Å². The summed E-state index contributed by atoms with van der Waals surface area (Å²) in [6.07, 6.45) is 1.07. The zero-order valence-corrected chi connectivity index (χ0v) is 11.6. The smallest absolute Gasteiger partial charge is 0.384 e. The summed E-state index contributed by atoms with van der Waals surface area (Å²) in [6, 6.07) is 8.49. The molecule has 96 valence electrons. The Labute approximate surface area is 109 Å². The number of nitrogens with zero attached hydrogens (tertiary/aromatic N) is 1. The largest absolute Gasteiger partial charge is 0.594 e. The summed E-state index contributed by atoms with van der Waals surface area (Å²) in [5.41, 5.74) is 2.09. The molecule has 0 unspecified atom stereocenters. The molecule has 3 rings (SSSR count). The van der Waals surface area contributed by atoms with Gasteiger partial charge in [-0.3, -0.25) is 0 Å². The Balaban J connectivity index is 1.87. The SMILES string of the molecule is CC1(C)OB(N2CCc3ccccc32)OC1(C)C. The minimum atomic E-state index is -0.269. The van der Waals surface area contributed by atoms with Crippen molar-refractivity contribution in [3.63, 3.8) is 0 Å². The van der Waals surface area contributed by atoms with Gasteiger partial charge in [0.15, 0.2) is 0 Å². The molecule has 0 bridgehead atoms. The van der Waals surface area contributed by atoms with Crippen molar-refractivity contribution in [3.8, 4) is 0 Å². The Kier molecular flexibility index (Phi) is 2.51. The molecule has 0 N–H and O–H groups in total. The van der Waals surface area contributed by atoms with Gasteiger partial charge in [-0.05, 0) is 45.7 Å². The van der Waals surface area contributed by atoms with Crippen molar-refractivity contribution in [2.75, 3.05) is 11.4 Å². The van der Waals surface area contributed by atoms with Crippen molar-refractivity contribution in [2.45, 2.75) is 45.3 Å². The van der Waals surface area contributed by atoms with E-state index in [0.717, 1.165) is 13.0 Å². The summed E-state index contributed by atoms with van der Waals surface area (Å²) >= 11 is 0. The van der Waals surface area contributed by atoms with E-state index >= 15 is 0 Å². The molecule has 0 aromatic heterocycles. The molecule has 0 saturated carbocycles. The van der Waals surface area contributed by atoms with Crippen LogP contribution in [-0.2, 0) is 15.7 Å². The number of hydrogen-bond donors (Lipinski definition) is 0. The number of para-hydroxylation sites is 1. The highest BCUT2D eigenvalue weighted by atomic mass is 16.7. The van der Waals surface area contributed by atoms with Crippen LogP contribution in [0.1, 0.15) is 33.3 Å². The molecule has 1 aromatic carbocycles. The van der Waals surface area contributed by atoms with Gasteiger partial charge >= 0.3 is 7.25 Å². The highest BCUT2D eigenvalue weighted by Gasteiger charge is 2.54. The van der Waals surface area contributed by atoms with Gasteiger partial charge in [-0.1, -0.05) is 18.2 Å². The van der Waals surface area contributed by atoms with E-state index in [9.17, 15) is 0 Å². The van der Waals surface area contributed by atoms with Gasteiger partial charge in [0.05, 0.1) is 11.2 Å². The molecule has 0 atom stereocenters. The first-order chi connectivity index (χ1) is 8.41. The van der Waals surface area contributed by atoms with Crippen LogP contribution in [0.4, 0.5) is 5.69 Å². The second kappa shape index (κ2) is 3.75. The Morgan fingerprint density at radius 2 is 1.67 bits per heavy atom. The van der Waals surface area contributed by atoms with E-state index in [-0.39, 0.29) is 18.5 Å². The van der Waals surface area contributed by atoms with Crippen LogP contribution in [0.25, 0.3) is 0 Å². The fraction of sp³-hybridized carbons (Fsp3) is 0.571. The van der Waals surface area contributed by atoms with E-state index in [4.69, 9.17) is 9.31 Å². The minimum absolute atomic E-state index is 0.265. The second-order valence-corrected chi connectivity index (χ2v) is 6.14. The molecule has 3 nitrogen and oxygen atoms in total. The van der Waals surface area contributed by atoms with Crippen molar-refractivity contribution >= 4 is 12.9 Å². The van der Waals surface area contributed by atoms with Crippen molar-refractivity contribution < 1.29 is 9.31 Å². The normalized spacial score (nSPS) is 24.4. The maximum atomic E-state index is 6.11. The van der Waals surface area contributed by atoms with Gasteiger partial charge in [0.2, 0.25) is 0 Å². The summed E-state index contributed by atoms with van der Waals surface area (Å²) in [5.74, 6) is 0. The summed E-state index contributed by atoms with van der Waals surface area (Å²) in [5, 5.41) is 0. The Hall–Kier alpha value is -0.995. The third kappa shape index (κ3) is 1.67. The van der Waals surface area contributed by atoms with Gasteiger partial charge in [-0.2, -0.15) is 0 Å². The molecule has 2 aliphatic heterocycles. The molecule has 2 heterocycles. The molecule has 4 heteroatoms. The number of benzene rings is 1. The van der Waals surface area contributed by atoms with Gasteiger partial charge in [0, 0.05) is 12.2 Å². The van der Waals surface area contributed by atoms with Crippen LogP contribution < -0.4 is 4.81 Å². The minimum Gasteiger partial charge on any atom is -0.384 e. The molecule has 0 amide bonds. The summed E-state index contributed by atoms with van der Waals surface area (Å²) in [4.78, 5) is 2.23. The van der Waals surface area contributed by atoms with Crippen LogP contribution in [0.15, 0.2) is 24.3 Å². The topological polar surface area (TPSA) is 21.7 Å². The first kappa shape index (κ1) is 12.1. The van der Waals surface area contributed by atoms with E-state index in [2.05, 4.69) is 56.8 Å². The van der Waals surface area contributed by atoms with Crippen LogP contribution in [-0.4, -0.2) is 25.0 Å². The number of rotatable bonds is 1. The van der Waals surface area contributed by atoms with Crippen LogP contribution in [0.5, 0.6) is 0 Å². The average molecular weight is 245 g/mol. The first-order valence-corrected chi connectivity index (χ1v) is 6.61. The molecule has 0 aliphatic carbocycles. The Bertz CT molecular complexity index is 457. The second-order valence-electron chi connectivity index (χ2n) is 6.14. The number of hydrogen-bond acceptors (Lipinski definition) is 3. The highest BCUT2D eigenvalue weighted by molar-refractivity contribution is 6.51. The molecule has 0 spiro atoms. The van der Waals surface area contributed by atoms with Gasteiger partial charge in [0.1, 0.15) is 0 Å². The van der Waals surface area contributed by atoms with Crippen molar-refractivity contribution in [3.05, 3.63) is 29.8 Å². The maximum Gasteiger partial charge on any atom is 0.594 e. The zero-order chi connectivity index (χ0) is 13.0. The standard InChI is InChI=1S/C14H20BNO2/c1-13(2)14(3,4)18-15(17-13)16-10-9-11-7-5-6-8-12(11)16/h5-8H,9-10H2,1-4H3. The van der Waals surface area contributed by atoms with Gasteiger partial charge in [0.25, 0.3) is 0 Å². The lowest BCUT2D eigenvalue weighted by Crippen LogP contribution is -2.41. The molecular weight excluding hydrogens is 225 g/mol. The van der Waals surface area contributed by atoms with E-state index in [1.54, 1.807) is 0 Å². The lowest BCUT2D eigenvalue weighted by molar-refractivity contribution is 0.00578. The predicted octanol–water partition coefficient (Wildman–Crippen LogP) is 2.64. The molecule has 0 radical (unpaired) electrons. The van der Waals surface area contributed by atoms with E-state index in [1.807, 2.05) is 0 Å². The van der Waals surface area contributed by atoms with Crippen molar-refractivity contribution in [1.29, 1.82) is 0 Å². The van der Waals surface area contributed by atoms with Crippen LogP contribution in [0, 0.1) is 0 Å². The molecular formula is C14H20BNO2. The zero-order valence-electron chi connectivity index (χ0n) is 11.6. The average Bonchev–Trinajstić information content (AvgIpc) is 2.78. The van der Waals surface area contributed by atoms with Crippen LogP contribution in [0.2, 0.25) is 0 Å².